The van der Waals surface area contributed by atoms with E-state index in [1.54, 1.807) is 26.8 Å². The van der Waals surface area contributed by atoms with Crippen LogP contribution in [0.15, 0.2) is 12.1 Å². The van der Waals surface area contributed by atoms with Crippen LogP contribution < -0.4 is 4.52 Å². The van der Waals surface area contributed by atoms with E-state index in [1.165, 1.54) is 7.11 Å². The molecule has 0 aromatic heterocycles. The van der Waals surface area contributed by atoms with Crippen molar-refractivity contribution < 1.29 is 28.5 Å². The van der Waals surface area contributed by atoms with Gasteiger partial charge in [-0.05, 0) is 44.9 Å². The molecule has 0 saturated carbocycles. The lowest BCUT2D eigenvalue weighted by Crippen LogP contribution is -2.14. The second kappa shape index (κ2) is 7.33. The van der Waals surface area contributed by atoms with Gasteiger partial charge in [-0.3, -0.25) is 0 Å². The Morgan fingerprint density at radius 3 is 2.48 bits per heavy atom. The molecule has 8 heteroatoms. The summed E-state index contributed by atoms with van der Waals surface area (Å²) in [6, 6.07) is 3.39. The predicted molar refractivity (Wildman–Crippen MR) is 81.7 cm³/mol. The Balaban J connectivity index is 3.23. The molecule has 0 aliphatic rings. The summed E-state index contributed by atoms with van der Waals surface area (Å²) >= 11 is 4.79. The Hall–Kier alpha value is -0.980. The minimum absolute atomic E-state index is 0.112. The number of benzene rings is 1. The SMILES string of the molecule is COOP(O)(=S)Oc1cc(C)cc(C)c1C(=O)OC(C)C. The quantitative estimate of drug-likeness (QED) is 0.371. The van der Waals surface area contributed by atoms with Gasteiger partial charge in [0.2, 0.25) is 0 Å². The Bertz CT molecular complexity index is 572. The van der Waals surface area contributed by atoms with Gasteiger partial charge in [0, 0.05) is 11.8 Å². The number of esters is 1. The van der Waals surface area contributed by atoms with Crippen molar-refractivity contribution in [2.45, 2.75) is 33.8 Å². The summed E-state index contributed by atoms with van der Waals surface area (Å²) in [7, 11) is 1.20. The van der Waals surface area contributed by atoms with Crippen molar-refractivity contribution >= 4 is 24.5 Å². The van der Waals surface area contributed by atoms with E-state index in [2.05, 4.69) is 9.56 Å². The maximum absolute atomic E-state index is 12.2. The zero-order chi connectivity index (χ0) is 16.2. The maximum Gasteiger partial charge on any atom is 0.405 e. The van der Waals surface area contributed by atoms with Crippen molar-refractivity contribution in [3.8, 4) is 5.75 Å². The highest BCUT2D eigenvalue weighted by Gasteiger charge is 2.25. The van der Waals surface area contributed by atoms with Gasteiger partial charge in [-0.2, -0.15) is 0 Å². The van der Waals surface area contributed by atoms with E-state index < -0.39 is 12.7 Å². The Kier molecular flexibility index (Phi) is 6.31. The van der Waals surface area contributed by atoms with Crippen LogP contribution in [0.25, 0.3) is 0 Å². The smallest absolute Gasteiger partial charge is 0.405 e. The minimum atomic E-state index is -3.65. The third kappa shape index (κ3) is 5.37. The molecule has 0 spiro atoms. The standard InChI is InChI=1S/C13H19O6PS/c1-8(2)17-13(14)12-10(4)6-9(3)7-11(12)18-20(15,21)19-16-5/h6-8H,1-5H3,(H,15,21). The summed E-state index contributed by atoms with van der Waals surface area (Å²) in [4.78, 5) is 26.4. The largest absolute Gasteiger partial charge is 0.459 e. The minimum Gasteiger partial charge on any atom is -0.459 e. The van der Waals surface area contributed by atoms with Gasteiger partial charge in [-0.1, -0.05) is 6.07 Å². The zero-order valence-electron chi connectivity index (χ0n) is 12.6. The molecule has 0 fully saturated rings. The molecule has 21 heavy (non-hydrogen) atoms. The molecular formula is C13H19O6PS. The molecule has 0 amide bonds. The molecule has 1 atom stereocenters. The summed E-state index contributed by atoms with van der Waals surface area (Å²) in [6.07, 6.45) is -0.279. The van der Waals surface area contributed by atoms with Crippen LogP contribution in [-0.2, 0) is 26.1 Å². The van der Waals surface area contributed by atoms with Gasteiger partial charge in [0.25, 0.3) is 0 Å². The second-order valence-electron chi connectivity index (χ2n) is 4.71. The molecular weight excluding hydrogens is 315 g/mol. The highest BCUT2D eigenvalue weighted by atomic mass is 32.5. The van der Waals surface area contributed by atoms with Crippen molar-refractivity contribution in [3.63, 3.8) is 0 Å². The van der Waals surface area contributed by atoms with Gasteiger partial charge in [0.1, 0.15) is 11.3 Å². The average molecular weight is 334 g/mol. The van der Waals surface area contributed by atoms with Gasteiger partial charge in [0.05, 0.1) is 13.2 Å². The summed E-state index contributed by atoms with van der Waals surface area (Å²) in [6.45, 7) is 3.41. The predicted octanol–water partition coefficient (Wildman–Crippen LogP) is 3.04. The van der Waals surface area contributed by atoms with Crippen molar-refractivity contribution in [2.24, 2.45) is 0 Å². The number of rotatable bonds is 6. The van der Waals surface area contributed by atoms with Gasteiger partial charge in [-0.25, -0.2) is 9.68 Å². The van der Waals surface area contributed by atoms with Crippen LogP contribution in [0.2, 0.25) is 0 Å². The van der Waals surface area contributed by atoms with Crippen molar-refractivity contribution in [3.05, 3.63) is 28.8 Å². The van der Waals surface area contributed by atoms with E-state index in [-0.39, 0.29) is 17.4 Å². The number of hydrogen-bond acceptors (Lipinski definition) is 6. The number of carbonyl (C=O) groups is 1. The van der Waals surface area contributed by atoms with E-state index >= 15 is 0 Å². The zero-order valence-corrected chi connectivity index (χ0v) is 14.3. The summed E-state index contributed by atoms with van der Waals surface area (Å²) in [5.41, 5.74) is 1.70. The monoisotopic (exact) mass is 334 g/mol. The van der Waals surface area contributed by atoms with Crippen LogP contribution in [0, 0.1) is 13.8 Å². The molecule has 1 N–H and O–H groups in total. The number of carbonyl (C=O) groups excluding carboxylic acids is 1. The van der Waals surface area contributed by atoms with Crippen LogP contribution in [0.3, 0.4) is 0 Å². The molecule has 0 aliphatic heterocycles. The fraction of sp³-hybridized carbons (Fsp3) is 0.462. The number of aryl methyl sites for hydroxylation is 2. The molecule has 118 valence electrons. The molecule has 0 radical (unpaired) electrons. The third-order valence-corrected chi connectivity index (χ3v) is 3.54. The highest BCUT2D eigenvalue weighted by Crippen LogP contribution is 2.46. The first-order valence-corrected chi connectivity index (χ1v) is 8.82. The first kappa shape index (κ1) is 18.1. The van der Waals surface area contributed by atoms with Crippen molar-refractivity contribution in [1.82, 2.24) is 0 Å². The second-order valence-corrected chi connectivity index (χ2v) is 7.36. The lowest BCUT2D eigenvalue weighted by molar-refractivity contribution is -0.185. The Morgan fingerprint density at radius 1 is 1.33 bits per heavy atom. The average Bonchev–Trinajstić information content (AvgIpc) is 2.25. The maximum atomic E-state index is 12.2. The molecule has 1 unspecified atom stereocenters. The van der Waals surface area contributed by atoms with E-state index in [0.717, 1.165) is 5.56 Å². The van der Waals surface area contributed by atoms with Crippen LogP contribution in [-0.4, -0.2) is 24.1 Å². The number of hydrogen-bond donors (Lipinski definition) is 1. The summed E-state index contributed by atoms with van der Waals surface area (Å²) < 4.78 is 15.0. The first-order valence-electron chi connectivity index (χ1n) is 6.23. The first-order chi connectivity index (χ1) is 9.66. The molecule has 1 aromatic rings. The normalized spacial score (nSPS) is 13.9. The van der Waals surface area contributed by atoms with Crippen LogP contribution >= 0.6 is 6.72 Å². The van der Waals surface area contributed by atoms with Crippen LogP contribution in [0.4, 0.5) is 0 Å². The molecule has 0 heterocycles. The molecule has 1 rings (SSSR count). The van der Waals surface area contributed by atoms with Crippen molar-refractivity contribution in [1.29, 1.82) is 0 Å². The number of ether oxygens (including phenoxy) is 1. The Labute approximate surface area is 129 Å². The van der Waals surface area contributed by atoms with Crippen LogP contribution in [0.5, 0.6) is 5.75 Å². The van der Waals surface area contributed by atoms with Crippen molar-refractivity contribution in [2.75, 3.05) is 7.11 Å². The van der Waals surface area contributed by atoms with Gasteiger partial charge < -0.3 is 14.2 Å². The fourth-order valence-corrected chi connectivity index (χ4v) is 2.80. The van der Waals surface area contributed by atoms with Crippen LogP contribution in [0.1, 0.15) is 35.3 Å². The topological polar surface area (TPSA) is 74.2 Å². The molecule has 0 bridgehead atoms. The molecule has 1 aromatic carbocycles. The molecule has 0 aliphatic carbocycles. The molecule has 6 nitrogen and oxygen atoms in total. The van der Waals surface area contributed by atoms with E-state index in [9.17, 15) is 9.69 Å². The van der Waals surface area contributed by atoms with E-state index in [0.29, 0.717) is 5.56 Å². The van der Waals surface area contributed by atoms with Gasteiger partial charge in [0.15, 0.2) is 0 Å². The van der Waals surface area contributed by atoms with E-state index in [4.69, 9.17) is 21.1 Å². The van der Waals surface area contributed by atoms with Gasteiger partial charge in [-0.15, -0.1) is 4.67 Å². The summed E-state index contributed by atoms with van der Waals surface area (Å²) in [5.74, 6) is -0.439. The molecule has 0 saturated heterocycles. The third-order valence-electron chi connectivity index (χ3n) is 2.37. The van der Waals surface area contributed by atoms with E-state index in [1.807, 2.05) is 13.0 Å². The lowest BCUT2D eigenvalue weighted by Gasteiger charge is -2.19. The summed E-state index contributed by atoms with van der Waals surface area (Å²) in [5, 5.41) is 0. The van der Waals surface area contributed by atoms with Gasteiger partial charge >= 0.3 is 12.7 Å². The lowest BCUT2D eigenvalue weighted by atomic mass is 10.0. The fourth-order valence-electron chi connectivity index (χ4n) is 1.77. The Morgan fingerprint density at radius 2 is 1.95 bits per heavy atom. The highest BCUT2D eigenvalue weighted by molar-refractivity contribution is 8.07.